The minimum Gasteiger partial charge on any atom is -0.495 e. The number of ether oxygens (including phenoxy) is 1. The maximum Gasteiger partial charge on any atom is 0.137 e. The van der Waals surface area contributed by atoms with Crippen molar-refractivity contribution < 1.29 is 9.84 Å². The van der Waals surface area contributed by atoms with E-state index in [1.54, 1.807) is 30.6 Å². The van der Waals surface area contributed by atoms with Gasteiger partial charge in [0.1, 0.15) is 11.9 Å². The van der Waals surface area contributed by atoms with Gasteiger partial charge in [-0.3, -0.25) is 0 Å². The van der Waals surface area contributed by atoms with Gasteiger partial charge < -0.3 is 9.84 Å². The van der Waals surface area contributed by atoms with Crippen LogP contribution in [0.5, 0.6) is 5.75 Å². The summed E-state index contributed by atoms with van der Waals surface area (Å²) in [5, 5.41) is 12.7. The molecule has 0 aliphatic rings. The number of aliphatic hydroxyl groups excluding tert-OH is 1. The third-order valence-corrected chi connectivity index (χ3v) is 4.01. The van der Waals surface area contributed by atoms with Gasteiger partial charge >= 0.3 is 0 Å². The summed E-state index contributed by atoms with van der Waals surface area (Å²) in [6.07, 6.45) is -0.626. The molecule has 1 heterocycles. The van der Waals surface area contributed by atoms with E-state index in [4.69, 9.17) is 16.3 Å². The summed E-state index contributed by atoms with van der Waals surface area (Å²) in [5.74, 6) is 0.616. The van der Waals surface area contributed by atoms with Crippen LogP contribution in [-0.4, -0.2) is 12.2 Å². The van der Waals surface area contributed by atoms with Gasteiger partial charge in [-0.05, 0) is 41.6 Å². The fourth-order valence-corrected chi connectivity index (χ4v) is 2.87. The highest BCUT2D eigenvalue weighted by Crippen LogP contribution is 2.33. The van der Waals surface area contributed by atoms with Crippen molar-refractivity contribution in [1.82, 2.24) is 0 Å². The van der Waals surface area contributed by atoms with Crippen molar-refractivity contribution in [3.8, 4) is 5.75 Å². The Kier molecular flexibility index (Phi) is 3.72. The fourth-order valence-electron chi connectivity index (χ4n) is 1.67. The molecule has 0 amide bonds. The van der Waals surface area contributed by atoms with Crippen LogP contribution in [0.25, 0.3) is 0 Å². The topological polar surface area (TPSA) is 29.5 Å². The molecular weight excluding hydrogens is 256 g/mol. The Morgan fingerprint density at radius 1 is 1.35 bits per heavy atom. The molecule has 0 radical (unpaired) electrons. The van der Waals surface area contributed by atoms with Gasteiger partial charge in [0.25, 0.3) is 0 Å². The first-order chi connectivity index (χ1) is 8.13. The molecular formula is C13H13ClO2S. The second kappa shape index (κ2) is 5.08. The standard InChI is InChI=1S/C13H13ClO2S/c1-8-5-6-17-13(8)12(15)9-3-4-11(16-2)10(14)7-9/h3-7,12,15H,1-2H3. The van der Waals surface area contributed by atoms with Gasteiger partial charge in [0.2, 0.25) is 0 Å². The average Bonchev–Trinajstić information content (AvgIpc) is 2.74. The maximum absolute atomic E-state index is 10.3. The molecule has 0 saturated heterocycles. The average molecular weight is 269 g/mol. The van der Waals surface area contributed by atoms with Gasteiger partial charge in [0, 0.05) is 4.88 Å². The van der Waals surface area contributed by atoms with Crippen molar-refractivity contribution in [1.29, 1.82) is 0 Å². The van der Waals surface area contributed by atoms with E-state index >= 15 is 0 Å². The van der Waals surface area contributed by atoms with Crippen molar-refractivity contribution in [2.75, 3.05) is 7.11 Å². The van der Waals surface area contributed by atoms with Crippen LogP contribution in [0.4, 0.5) is 0 Å². The number of benzene rings is 1. The molecule has 2 aromatic rings. The lowest BCUT2D eigenvalue weighted by Gasteiger charge is -2.12. The molecule has 17 heavy (non-hydrogen) atoms. The molecule has 0 spiro atoms. The second-order valence-electron chi connectivity index (χ2n) is 3.76. The second-order valence-corrected chi connectivity index (χ2v) is 5.12. The van der Waals surface area contributed by atoms with Crippen LogP contribution < -0.4 is 4.74 Å². The molecule has 1 aromatic heterocycles. The van der Waals surface area contributed by atoms with E-state index in [1.807, 2.05) is 24.4 Å². The van der Waals surface area contributed by atoms with E-state index in [9.17, 15) is 5.11 Å². The predicted molar refractivity (Wildman–Crippen MR) is 71.1 cm³/mol. The van der Waals surface area contributed by atoms with Crippen LogP contribution in [0.15, 0.2) is 29.6 Å². The Morgan fingerprint density at radius 3 is 2.65 bits per heavy atom. The predicted octanol–water partition coefficient (Wildman–Crippen LogP) is 3.80. The van der Waals surface area contributed by atoms with Crippen molar-refractivity contribution >= 4 is 22.9 Å². The van der Waals surface area contributed by atoms with Crippen LogP contribution in [0.2, 0.25) is 5.02 Å². The summed E-state index contributed by atoms with van der Waals surface area (Å²) in [6.45, 7) is 1.99. The third-order valence-electron chi connectivity index (χ3n) is 2.64. The molecule has 0 fully saturated rings. The van der Waals surface area contributed by atoms with E-state index in [-0.39, 0.29) is 0 Å². The van der Waals surface area contributed by atoms with Crippen LogP contribution in [0, 0.1) is 6.92 Å². The molecule has 2 rings (SSSR count). The van der Waals surface area contributed by atoms with Gasteiger partial charge in [-0.25, -0.2) is 0 Å². The Balaban J connectivity index is 2.35. The molecule has 90 valence electrons. The summed E-state index contributed by atoms with van der Waals surface area (Å²) >= 11 is 7.59. The fraction of sp³-hybridized carbons (Fsp3) is 0.231. The SMILES string of the molecule is COc1ccc(C(O)c2sccc2C)cc1Cl. The molecule has 0 bridgehead atoms. The first kappa shape index (κ1) is 12.4. The summed E-state index contributed by atoms with van der Waals surface area (Å²) < 4.78 is 5.08. The third kappa shape index (κ3) is 2.46. The zero-order valence-corrected chi connectivity index (χ0v) is 11.2. The number of hydrogen-bond donors (Lipinski definition) is 1. The number of rotatable bonds is 3. The Bertz CT molecular complexity index is 522. The van der Waals surface area contributed by atoms with Gasteiger partial charge in [-0.2, -0.15) is 0 Å². The van der Waals surface area contributed by atoms with E-state index < -0.39 is 6.10 Å². The minimum atomic E-state index is -0.626. The highest BCUT2D eigenvalue weighted by Gasteiger charge is 2.15. The monoisotopic (exact) mass is 268 g/mol. The summed E-state index contributed by atoms with van der Waals surface area (Å²) in [4.78, 5) is 0.950. The largest absolute Gasteiger partial charge is 0.495 e. The summed E-state index contributed by atoms with van der Waals surface area (Å²) in [5.41, 5.74) is 1.87. The highest BCUT2D eigenvalue weighted by molar-refractivity contribution is 7.10. The molecule has 1 aromatic carbocycles. The minimum absolute atomic E-state index is 0.512. The smallest absolute Gasteiger partial charge is 0.137 e. The quantitative estimate of drug-likeness (QED) is 0.917. The molecule has 1 N–H and O–H groups in total. The van der Waals surface area contributed by atoms with E-state index in [2.05, 4.69) is 0 Å². The highest BCUT2D eigenvalue weighted by atomic mass is 35.5. The lowest BCUT2D eigenvalue weighted by Crippen LogP contribution is -1.99. The molecule has 0 saturated carbocycles. The maximum atomic E-state index is 10.3. The number of methoxy groups -OCH3 is 1. The number of halogens is 1. The number of thiophene rings is 1. The van der Waals surface area contributed by atoms with Crippen LogP contribution in [0.1, 0.15) is 22.1 Å². The Morgan fingerprint density at radius 2 is 2.12 bits per heavy atom. The molecule has 0 aliphatic carbocycles. The van der Waals surface area contributed by atoms with E-state index in [1.165, 1.54) is 0 Å². The van der Waals surface area contributed by atoms with Gasteiger partial charge in [-0.1, -0.05) is 17.7 Å². The lowest BCUT2D eigenvalue weighted by atomic mass is 10.1. The van der Waals surface area contributed by atoms with Crippen molar-refractivity contribution in [2.24, 2.45) is 0 Å². The number of hydrogen-bond acceptors (Lipinski definition) is 3. The van der Waals surface area contributed by atoms with Crippen molar-refractivity contribution in [2.45, 2.75) is 13.0 Å². The zero-order valence-electron chi connectivity index (χ0n) is 9.61. The molecule has 1 unspecified atom stereocenters. The van der Waals surface area contributed by atoms with Gasteiger partial charge in [0.05, 0.1) is 12.1 Å². The van der Waals surface area contributed by atoms with Crippen molar-refractivity contribution in [3.05, 3.63) is 50.7 Å². The zero-order chi connectivity index (χ0) is 12.4. The summed E-state index contributed by atoms with van der Waals surface area (Å²) in [6, 6.07) is 7.33. The van der Waals surface area contributed by atoms with Crippen molar-refractivity contribution in [3.63, 3.8) is 0 Å². The molecule has 4 heteroatoms. The first-order valence-electron chi connectivity index (χ1n) is 5.19. The lowest BCUT2D eigenvalue weighted by molar-refractivity contribution is 0.223. The van der Waals surface area contributed by atoms with E-state index in [0.29, 0.717) is 10.8 Å². The molecule has 1 atom stereocenters. The number of aryl methyl sites for hydroxylation is 1. The van der Waals surface area contributed by atoms with Gasteiger partial charge in [-0.15, -0.1) is 11.3 Å². The van der Waals surface area contributed by atoms with Gasteiger partial charge in [0.15, 0.2) is 0 Å². The van der Waals surface area contributed by atoms with Crippen LogP contribution in [0.3, 0.4) is 0 Å². The summed E-state index contributed by atoms with van der Waals surface area (Å²) in [7, 11) is 1.57. The normalized spacial score (nSPS) is 12.5. The van der Waals surface area contributed by atoms with E-state index in [0.717, 1.165) is 16.0 Å². The van der Waals surface area contributed by atoms with Crippen LogP contribution >= 0.6 is 22.9 Å². The molecule has 2 nitrogen and oxygen atoms in total. The molecule has 0 aliphatic heterocycles. The van der Waals surface area contributed by atoms with Crippen LogP contribution in [-0.2, 0) is 0 Å². The Hall–Kier alpha value is -1.03. The first-order valence-corrected chi connectivity index (χ1v) is 6.44. The Labute approximate surface area is 109 Å². The number of aliphatic hydroxyl groups is 1.